The third-order valence-corrected chi connectivity index (χ3v) is 8.26. The fourth-order valence-electron chi connectivity index (χ4n) is 6.28. The molecule has 4 atom stereocenters. The summed E-state index contributed by atoms with van der Waals surface area (Å²) in [6, 6.07) is 6.24. The quantitative estimate of drug-likeness (QED) is 0.799. The van der Waals surface area contributed by atoms with Crippen molar-refractivity contribution in [3.05, 3.63) is 29.3 Å². The summed E-state index contributed by atoms with van der Waals surface area (Å²) < 4.78 is 6.74. The van der Waals surface area contributed by atoms with Crippen molar-refractivity contribution in [3.63, 3.8) is 0 Å². The molecular formula is C25H36N2O3. The van der Waals surface area contributed by atoms with Crippen LogP contribution in [0.2, 0.25) is 0 Å². The molecule has 4 aliphatic rings. The first-order valence-electron chi connectivity index (χ1n) is 11.6. The summed E-state index contributed by atoms with van der Waals surface area (Å²) >= 11 is 0. The topological polar surface area (TPSA) is 61.8 Å². The first-order valence-corrected chi connectivity index (χ1v) is 11.6. The van der Waals surface area contributed by atoms with Crippen LogP contribution in [0.1, 0.15) is 64.5 Å². The highest BCUT2D eigenvalue weighted by atomic mass is 16.5. The summed E-state index contributed by atoms with van der Waals surface area (Å²) in [5.74, 6) is 1.25. The minimum absolute atomic E-state index is 0.00580. The summed E-state index contributed by atoms with van der Waals surface area (Å²) in [5.41, 5.74) is 1.67. The summed E-state index contributed by atoms with van der Waals surface area (Å²) in [6.45, 7) is 11.0. The van der Waals surface area contributed by atoms with Crippen LogP contribution >= 0.6 is 0 Å². The van der Waals surface area contributed by atoms with Crippen molar-refractivity contribution in [3.8, 4) is 5.75 Å². The number of amides is 1. The summed E-state index contributed by atoms with van der Waals surface area (Å²) in [5, 5.41) is 13.6. The van der Waals surface area contributed by atoms with E-state index in [1.807, 2.05) is 32.9 Å². The Morgan fingerprint density at radius 2 is 2.10 bits per heavy atom. The highest BCUT2D eigenvalue weighted by Crippen LogP contribution is 2.58. The standard InChI is InChI=1S/C25H36N2O3/c1-23(2,3)22(29)26-18-13-25-9-10-27(14-16-5-6-16)21(24(25,4)30-15-18)11-17-7-8-19(28)12-20(17)25/h7-8,12,16,18,21,28H,5-6,9-11,13-15H2,1-4H3,(H,26,29). The molecule has 0 radical (unpaired) electrons. The van der Waals surface area contributed by atoms with E-state index >= 15 is 0 Å². The van der Waals surface area contributed by atoms with E-state index in [1.54, 1.807) is 0 Å². The number of aromatic hydroxyl groups is 1. The van der Waals surface area contributed by atoms with Gasteiger partial charge in [-0.25, -0.2) is 0 Å². The van der Waals surface area contributed by atoms with E-state index in [1.165, 1.54) is 30.5 Å². The van der Waals surface area contributed by atoms with Crippen molar-refractivity contribution in [2.75, 3.05) is 19.7 Å². The van der Waals surface area contributed by atoms with Crippen LogP contribution in [-0.4, -0.2) is 53.3 Å². The number of piperidine rings is 1. The molecule has 1 saturated carbocycles. The van der Waals surface area contributed by atoms with E-state index in [9.17, 15) is 9.90 Å². The number of ether oxygens (including phenoxy) is 1. The van der Waals surface area contributed by atoms with Gasteiger partial charge in [0, 0.05) is 23.4 Å². The van der Waals surface area contributed by atoms with Gasteiger partial charge in [-0.3, -0.25) is 9.69 Å². The molecule has 4 unspecified atom stereocenters. The van der Waals surface area contributed by atoms with Crippen molar-refractivity contribution in [1.82, 2.24) is 10.2 Å². The largest absolute Gasteiger partial charge is 0.508 e. The van der Waals surface area contributed by atoms with Gasteiger partial charge in [0.15, 0.2) is 0 Å². The SMILES string of the molecule is CC(C)(C)C(=O)NC1COC2(C)C3Cc4ccc(O)cc4C2(CCN3CC2CC2)C1. The Morgan fingerprint density at radius 3 is 2.80 bits per heavy atom. The summed E-state index contributed by atoms with van der Waals surface area (Å²) in [6.07, 6.45) is 5.56. The van der Waals surface area contributed by atoms with Gasteiger partial charge < -0.3 is 15.2 Å². The average molecular weight is 413 g/mol. The lowest BCUT2D eigenvalue weighted by atomic mass is 9.52. The van der Waals surface area contributed by atoms with Crippen LogP contribution in [0.3, 0.4) is 0 Å². The second kappa shape index (κ2) is 6.70. The Kier molecular flexibility index (Phi) is 4.54. The van der Waals surface area contributed by atoms with Crippen LogP contribution in [0.25, 0.3) is 0 Å². The number of fused-ring (bicyclic) bond motifs is 1. The molecule has 3 fully saturated rings. The molecule has 2 aliphatic carbocycles. The molecule has 1 aromatic rings. The fraction of sp³-hybridized carbons (Fsp3) is 0.720. The zero-order valence-electron chi connectivity index (χ0n) is 18.8. The Hall–Kier alpha value is -1.59. The average Bonchev–Trinajstić information content (AvgIpc) is 3.48. The number of carbonyl (C=O) groups excluding carboxylic acids is 1. The van der Waals surface area contributed by atoms with Crippen molar-refractivity contribution in [1.29, 1.82) is 0 Å². The van der Waals surface area contributed by atoms with E-state index in [0.717, 1.165) is 31.7 Å². The maximum Gasteiger partial charge on any atom is 0.225 e. The second-order valence-corrected chi connectivity index (χ2v) is 11.4. The van der Waals surface area contributed by atoms with E-state index in [2.05, 4.69) is 23.2 Å². The first kappa shape index (κ1) is 20.3. The van der Waals surface area contributed by atoms with Gasteiger partial charge >= 0.3 is 0 Å². The number of hydrogen-bond acceptors (Lipinski definition) is 4. The third kappa shape index (κ3) is 3.08. The van der Waals surface area contributed by atoms with Gasteiger partial charge in [-0.1, -0.05) is 26.8 Å². The fourth-order valence-corrected chi connectivity index (χ4v) is 6.28. The number of phenolic OH excluding ortho intramolecular Hbond substituents is 1. The van der Waals surface area contributed by atoms with Gasteiger partial charge in [0.2, 0.25) is 5.91 Å². The van der Waals surface area contributed by atoms with Crippen LogP contribution < -0.4 is 5.32 Å². The predicted octanol–water partition coefficient (Wildman–Crippen LogP) is 3.38. The lowest BCUT2D eigenvalue weighted by Crippen LogP contribution is -2.75. The Balaban J connectivity index is 1.52. The predicted molar refractivity (Wildman–Crippen MR) is 117 cm³/mol. The monoisotopic (exact) mass is 412 g/mol. The zero-order chi connectivity index (χ0) is 21.3. The van der Waals surface area contributed by atoms with E-state index < -0.39 is 5.41 Å². The summed E-state index contributed by atoms with van der Waals surface area (Å²) in [4.78, 5) is 15.4. The number of benzene rings is 1. The molecule has 2 bridgehead atoms. The lowest BCUT2D eigenvalue weighted by Gasteiger charge is -2.65. The number of carbonyl (C=O) groups is 1. The Morgan fingerprint density at radius 1 is 1.33 bits per heavy atom. The number of hydrogen-bond donors (Lipinski definition) is 2. The van der Waals surface area contributed by atoms with E-state index in [4.69, 9.17) is 4.74 Å². The molecule has 0 spiro atoms. The van der Waals surface area contributed by atoms with Crippen LogP contribution in [-0.2, 0) is 21.4 Å². The Bertz CT molecular complexity index is 858. The van der Waals surface area contributed by atoms with Gasteiger partial charge in [0.05, 0.1) is 18.2 Å². The molecule has 0 aromatic heterocycles. The molecule has 1 aromatic carbocycles. The van der Waals surface area contributed by atoms with Crippen LogP contribution in [0.5, 0.6) is 5.75 Å². The molecule has 2 heterocycles. The molecule has 164 valence electrons. The number of phenols is 1. The molecular weight excluding hydrogens is 376 g/mol. The minimum atomic E-state index is -0.419. The molecule has 2 saturated heterocycles. The van der Waals surface area contributed by atoms with Gasteiger partial charge in [-0.2, -0.15) is 0 Å². The number of nitrogens with zero attached hydrogens (tertiary/aromatic N) is 1. The highest BCUT2D eigenvalue weighted by Gasteiger charge is 2.64. The van der Waals surface area contributed by atoms with Gasteiger partial charge in [-0.15, -0.1) is 0 Å². The normalized spacial score (nSPS) is 36.0. The van der Waals surface area contributed by atoms with Crippen LogP contribution in [0, 0.1) is 11.3 Å². The number of nitrogens with one attached hydrogen (secondary N) is 1. The molecule has 2 N–H and O–H groups in total. The van der Waals surface area contributed by atoms with Crippen LogP contribution in [0.15, 0.2) is 18.2 Å². The molecule has 1 amide bonds. The summed E-state index contributed by atoms with van der Waals surface area (Å²) in [7, 11) is 0. The number of likely N-dealkylation sites (tertiary alicyclic amines) is 1. The molecule has 2 aliphatic heterocycles. The van der Waals surface area contributed by atoms with Crippen molar-refractivity contribution in [2.45, 2.75) is 82.9 Å². The van der Waals surface area contributed by atoms with E-state index in [-0.39, 0.29) is 23.0 Å². The second-order valence-electron chi connectivity index (χ2n) is 11.4. The molecule has 5 heteroatoms. The molecule has 5 rings (SSSR count). The molecule has 5 nitrogen and oxygen atoms in total. The van der Waals surface area contributed by atoms with Crippen molar-refractivity contribution < 1.29 is 14.6 Å². The van der Waals surface area contributed by atoms with Gasteiger partial charge in [-0.05, 0) is 74.8 Å². The highest BCUT2D eigenvalue weighted by molar-refractivity contribution is 5.81. The van der Waals surface area contributed by atoms with Crippen LogP contribution in [0.4, 0.5) is 0 Å². The third-order valence-electron chi connectivity index (χ3n) is 8.26. The maximum absolute atomic E-state index is 12.7. The molecule has 30 heavy (non-hydrogen) atoms. The van der Waals surface area contributed by atoms with Crippen molar-refractivity contribution >= 4 is 5.91 Å². The van der Waals surface area contributed by atoms with Gasteiger partial charge in [0.1, 0.15) is 5.75 Å². The Labute approximate surface area is 180 Å². The smallest absolute Gasteiger partial charge is 0.225 e. The van der Waals surface area contributed by atoms with Gasteiger partial charge in [0.25, 0.3) is 0 Å². The number of rotatable bonds is 3. The van der Waals surface area contributed by atoms with E-state index in [0.29, 0.717) is 18.4 Å². The first-order chi connectivity index (χ1) is 14.1. The maximum atomic E-state index is 12.7. The van der Waals surface area contributed by atoms with Crippen molar-refractivity contribution in [2.24, 2.45) is 11.3 Å². The minimum Gasteiger partial charge on any atom is -0.508 e. The lowest BCUT2D eigenvalue weighted by molar-refractivity contribution is -0.205. The zero-order valence-corrected chi connectivity index (χ0v) is 18.8.